The number of fused-ring (bicyclic) bond motifs is 1. The van der Waals surface area contributed by atoms with Gasteiger partial charge in [-0.15, -0.1) is 0 Å². The third kappa shape index (κ3) is 6.59. The molecule has 0 spiro atoms. The highest BCUT2D eigenvalue weighted by atomic mass is 19.2. The van der Waals surface area contributed by atoms with Gasteiger partial charge in [0.05, 0.1) is 12.2 Å². The molecule has 0 aromatic heterocycles. The molecule has 5 nitrogen and oxygen atoms in total. The molecule has 1 fully saturated rings. The van der Waals surface area contributed by atoms with Gasteiger partial charge in [0.25, 0.3) is 0 Å². The average Bonchev–Trinajstić information content (AvgIpc) is 3.11. The van der Waals surface area contributed by atoms with E-state index in [2.05, 4.69) is 9.80 Å². The van der Waals surface area contributed by atoms with Crippen molar-refractivity contribution in [2.75, 3.05) is 57.3 Å². The van der Waals surface area contributed by atoms with E-state index in [0.717, 1.165) is 49.2 Å². The maximum absolute atomic E-state index is 14.3. The monoisotopic (exact) mass is 541 g/mol. The van der Waals surface area contributed by atoms with Crippen LogP contribution in [0.1, 0.15) is 29.9 Å². The number of carbonyl (C=O) groups excluding carboxylic acids is 1. The molecule has 2 aliphatic rings. The molecule has 0 saturated carbocycles. The fourth-order valence-electron chi connectivity index (χ4n) is 5.38. The summed E-state index contributed by atoms with van der Waals surface area (Å²) in [6, 6.07) is 14.4. The van der Waals surface area contributed by atoms with Crippen LogP contribution in [0.5, 0.6) is 5.75 Å². The lowest BCUT2D eigenvalue weighted by Crippen LogP contribution is -2.51. The molecular weight excluding hydrogens is 510 g/mol. The van der Waals surface area contributed by atoms with E-state index in [9.17, 15) is 22.4 Å². The number of rotatable bonds is 7. The molecule has 3 aromatic carbocycles. The van der Waals surface area contributed by atoms with E-state index in [4.69, 9.17) is 4.74 Å². The average molecular weight is 542 g/mol. The molecule has 5 rings (SSSR count). The van der Waals surface area contributed by atoms with Crippen molar-refractivity contribution in [3.63, 3.8) is 0 Å². The van der Waals surface area contributed by atoms with Gasteiger partial charge in [-0.3, -0.25) is 14.6 Å². The molecule has 1 unspecified atom stereocenters. The summed E-state index contributed by atoms with van der Waals surface area (Å²) >= 11 is 0. The number of nitrogens with zero attached hydrogens (tertiary/aromatic N) is 3. The van der Waals surface area contributed by atoms with Gasteiger partial charge >= 0.3 is 0 Å². The summed E-state index contributed by atoms with van der Waals surface area (Å²) in [5, 5.41) is 0. The van der Waals surface area contributed by atoms with Crippen molar-refractivity contribution >= 4 is 11.6 Å². The summed E-state index contributed by atoms with van der Waals surface area (Å²) in [4.78, 5) is 19.5. The van der Waals surface area contributed by atoms with Gasteiger partial charge in [0.2, 0.25) is 5.91 Å². The summed E-state index contributed by atoms with van der Waals surface area (Å²) < 4.78 is 59.8. The zero-order valence-corrected chi connectivity index (χ0v) is 21.6. The quantitative estimate of drug-likeness (QED) is 0.386. The fraction of sp³-hybridized carbons (Fsp3) is 0.367. The summed E-state index contributed by atoms with van der Waals surface area (Å²) in [5.41, 5.74) is 2.41. The highest BCUT2D eigenvalue weighted by Gasteiger charge is 2.29. The van der Waals surface area contributed by atoms with E-state index >= 15 is 0 Å². The molecule has 0 bridgehead atoms. The first-order valence-corrected chi connectivity index (χ1v) is 13.3. The minimum absolute atomic E-state index is 0.0452. The Morgan fingerprint density at radius 1 is 0.795 bits per heavy atom. The number of halogens is 4. The van der Waals surface area contributed by atoms with Crippen molar-refractivity contribution in [1.82, 2.24) is 9.80 Å². The molecule has 9 heteroatoms. The summed E-state index contributed by atoms with van der Waals surface area (Å²) in [6.07, 6.45) is 1.52. The molecule has 39 heavy (non-hydrogen) atoms. The Balaban J connectivity index is 1.17. The molecular formula is C30H31F4N3O2. The zero-order valence-electron chi connectivity index (χ0n) is 21.6. The van der Waals surface area contributed by atoms with Crippen molar-refractivity contribution in [2.45, 2.75) is 18.8 Å². The molecule has 1 amide bonds. The summed E-state index contributed by atoms with van der Waals surface area (Å²) in [7, 11) is 0. The lowest BCUT2D eigenvalue weighted by molar-refractivity contribution is -0.120. The highest BCUT2D eigenvalue weighted by molar-refractivity contribution is 5.96. The second-order valence-corrected chi connectivity index (χ2v) is 10.0. The number of hydrogen-bond donors (Lipinski definition) is 0. The molecule has 0 aliphatic carbocycles. The Morgan fingerprint density at radius 2 is 1.51 bits per heavy atom. The predicted octanol–water partition coefficient (Wildman–Crippen LogP) is 5.20. The molecule has 1 atom stereocenters. The Morgan fingerprint density at radius 3 is 2.26 bits per heavy atom. The van der Waals surface area contributed by atoms with Crippen LogP contribution in [0.15, 0.2) is 60.7 Å². The van der Waals surface area contributed by atoms with Crippen molar-refractivity contribution in [3.8, 4) is 5.75 Å². The largest absolute Gasteiger partial charge is 0.492 e. The van der Waals surface area contributed by atoms with E-state index < -0.39 is 17.5 Å². The fourth-order valence-corrected chi connectivity index (χ4v) is 5.38. The van der Waals surface area contributed by atoms with Gasteiger partial charge in [-0.1, -0.05) is 18.2 Å². The maximum Gasteiger partial charge on any atom is 0.241 e. The van der Waals surface area contributed by atoms with Gasteiger partial charge in [-0.05, 0) is 60.4 Å². The first-order valence-electron chi connectivity index (χ1n) is 13.3. The van der Waals surface area contributed by atoms with E-state index in [1.165, 1.54) is 30.3 Å². The Bertz CT molecular complexity index is 1300. The number of benzene rings is 3. The number of ether oxygens (including phenoxy) is 1. The molecule has 0 radical (unpaired) electrons. The van der Waals surface area contributed by atoms with E-state index in [-0.39, 0.29) is 29.9 Å². The van der Waals surface area contributed by atoms with Crippen LogP contribution in [0.3, 0.4) is 0 Å². The number of hydrogen-bond acceptors (Lipinski definition) is 4. The van der Waals surface area contributed by atoms with Crippen molar-refractivity contribution in [1.29, 1.82) is 0 Å². The zero-order chi connectivity index (χ0) is 27.4. The van der Waals surface area contributed by atoms with E-state index in [1.54, 1.807) is 23.1 Å². The summed E-state index contributed by atoms with van der Waals surface area (Å²) in [6.45, 7) is 4.57. The van der Waals surface area contributed by atoms with Crippen LogP contribution in [-0.2, 0) is 4.79 Å². The first-order chi connectivity index (χ1) is 18.9. The van der Waals surface area contributed by atoms with Gasteiger partial charge in [0.1, 0.15) is 24.0 Å². The van der Waals surface area contributed by atoms with Crippen LogP contribution >= 0.6 is 0 Å². The van der Waals surface area contributed by atoms with Crippen molar-refractivity contribution in [2.24, 2.45) is 0 Å². The van der Waals surface area contributed by atoms with Gasteiger partial charge in [-0.2, -0.15) is 0 Å². The third-order valence-corrected chi connectivity index (χ3v) is 7.50. The predicted molar refractivity (Wildman–Crippen MR) is 141 cm³/mol. The SMILES string of the molecule is O=C(CN1CCN(CCOc2ccc(F)c(F)c2)CC1)N1CCCC(c2ccc(F)cc2)c2ccc(F)cc21. The number of anilines is 1. The van der Waals surface area contributed by atoms with E-state index in [0.29, 0.717) is 38.5 Å². The standard InChI is InChI=1S/C30H31F4N3O2/c31-22-5-3-21(4-6-22)25-2-1-11-37(29-18-23(32)7-9-26(25)29)30(38)20-36-14-12-35(13-15-36)16-17-39-24-8-10-27(33)28(34)19-24/h3-10,18-19,25H,1-2,11-17,20H2. The Labute approximate surface area is 225 Å². The molecule has 206 valence electrons. The number of carbonyl (C=O) groups is 1. The van der Waals surface area contributed by atoms with E-state index in [1.807, 2.05) is 0 Å². The van der Waals surface area contributed by atoms with Gasteiger partial charge in [0.15, 0.2) is 11.6 Å². The first kappa shape index (κ1) is 27.1. The molecule has 0 N–H and O–H groups in total. The van der Waals surface area contributed by atoms with Crippen LogP contribution in [0.2, 0.25) is 0 Å². The minimum atomic E-state index is -0.938. The van der Waals surface area contributed by atoms with Crippen LogP contribution in [-0.4, -0.2) is 68.1 Å². The van der Waals surface area contributed by atoms with Gasteiger partial charge in [-0.25, -0.2) is 17.6 Å². The third-order valence-electron chi connectivity index (χ3n) is 7.50. The molecule has 3 aromatic rings. The molecule has 1 saturated heterocycles. The highest BCUT2D eigenvalue weighted by Crippen LogP contribution is 2.39. The van der Waals surface area contributed by atoms with Crippen LogP contribution < -0.4 is 9.64 Å². The van der Waals surface area contributed by atoms with Gasteiger partial charge in [0, 0.05) is 51.3 Å². The minimum Gasteiger partial charge on any atom is -0.492 e. The lowest BCUT2D eigenvalue weighted by Gasteiger charge is -2.35. The van der Waals surface area contributed by atoms with Crippen LogP contribution in [0.25, 0.3) is 0 Å². The molecule has 2 aliphatic heterocycles. The van der Waals surface area contributed by atoms with Gasteiger partial charge < -0.3 is 9.64 Å². The second kappa shape index (κ2) is 12.2. The number of piperazine rings is 1. The normalized spacial score (nSPS) is 18.5. The van der Waals surface area contributed by atoms with Crippen molar-refractivity contribution in [3.05, 3.63) is 95.1 Å². The smallest absolute Gasteiger partial charge is 0.241 e. The summed E-state index contributed by atoms with van der Waals surface area (Å²) in [5.74, 6) is -2.38. The van der Waals surface area contributed by atoms with Crippen LogP contribution in [0, 0.1) is 23.3 Å². The Kier molecular flexibility index (Phi) is 8.47. The lowest BCUT2D eigenvalue weighted by atomic mass is 9.87. The maximum atomic E-state index is 14.3. The van der Waals surface area contributed by atoms with Crippen molar-refractivity contribution < 1.29 is 27.1 Å². The Hall–Kier alpha value is -3.43. The molecule has 2 heterocycles. The van der Waals surface area contributed by atoms with Crippen LogP contribution in [0.4, 0.5) is 23.2 Å². The number of amides is 1. The second-order valence-electron chi connectivity index (χ2n) is 10.0. The topological polar surface area (TPSA) is 36.0 Å².